The highest BCUT2D eigenvalue weighted by Gasteiger charge is 2.40. The Labute approximate surface area is 286 Å². The Balaban J connectivity index is 1.01. The number of hydrogen-bond acceptors (Lipinski definition) is 7. The number of nitrogens with zero attached hydrogens (tertiary/aromatic N) is 5. The Bertz CT molecular complexity index is 1550. The summed E-state index contributed by atoms with van der Waals surface area (Å²) in [5, 5.41) is 6.29. The van der Waals surface area contributed by atoms with E-state index in [1.54, 1.807) is 17.4 Å². The van der Waals surface area contributed by atoms with Crippen molar-refractivity contribution >= 4 is 51.5 Å². The van der Waals surface area contributed by atoms with Crippen LogP contribution >= 0.6 is 22.9 Å². The van der Waals surface area contributed by atoms with Gasteiger partial charge in [0.05, 0.1) is 23.2 Å². The van der Waals surface area contributed by atoms with E-state index in [2.05, 4.69) is 27.1 Å². The number of piperazine rings is 1. The molecule has 7 heterocycles. The summed E-state index contributed by atoms with van der Waals surface area (Å²) in [4.78, 5) is 51.7. The number of nitrogen functional groups attached to an aromatic ring is 1. The predicted molar refractivity (Wildman–Crippen MR) is 185 cm³/mol. The van der Waals surface area contributed by atoms with Crippen molar-refractivity contribution in [2.75, 3.05) is 70.0 Å². The number of nitrogens with one attached hydrogen (secondary N) is 1. The van der Waals surface area contributed by atoms with E-state index in [4.69, 9.17) is 23.8 Å². The fourth-order valence-electron chi connectivity index (χ4n) is 8.38. The molecule has 6 aliphatic heterocycles. The molecule has 1 aromatic carbocycles. The first-order chi connectivity index (χ1) is 22.8. The fraction of sp³-hybridized carbons (Fsp3) is 0.571. The second kappa shape index (κ2) is 13.7. The number of urea groups is 1. The number of fused-ring (bicyclic) bond motifs is 4. The van der Waals surface area contributed by atoms with E-state index in [1.807, 2.05) is 26.1 Å². The van der Waals surface area contributed by atoms with E-state index in [9.17, 15) is 14.4 Å². The lowest BCUT2D eigenvalue weighted by molar-refractivity contribution is -0.143. The maximum Gasteiger partial charge on any atom is 0.323 e. The molecule has 0 aliphatic carbocycles. The van der Waals surface area contributed by atoms with E-state index >= 15 is 0 Å². The maximum atomic E-state index is 14.2. The summed E-state index contributed by atoms with van der Waals surface area (Å²) in [5.41, 5.74) is 8.87. The molecule has 2 atom stereocenters. The van der Waals surface area contributed by atoms with E-state index in [-0.39, 0.29) is 30.3 Å². The molecule has 1 aromatic heterocycles. The molecule has 6 aliphatic rings. The minimum Gasteiger partial charge on any atom is -0.397 e. The van der Waals surface area contributed by atoms with Gasteiger partial charge in [0.25, 0.3) is 0 Å². The Hall–Kier alpha value is -3.30. The molecular formula is C35H44ClN7O3S. The highest BCUT2D eigenvalue weighted by molar-refractivity contribution is 7.14. The van der Waals surface area contributed by atoms with Crippen LogP contribution in [0.2, 0.25) is 5.02 Å². The predicted octanol–water partition coefficient (Wildman–Crippen LogP) is 3.79. The molecule has 5 saturated heterocycles. The van der Waals surface area contributed by atoms with E-state index in [0.717, 1.165) is 41.7 Å². The number of hydrogen-bond donors (Lipinski definition) is 2. The van der Waals surface area contributed by atoms with Crippen molar-refractivity contribution in [2.24, 2.45) is 11.8 Å². The number of carbonyl (C=O) groups excluding carboxylic acids is 3. The molecule has 2 bridgehead atoms. The topological polar surface area (TPSA) is 105 Å². The molecule has 2 aromatic rings. The van der Waals surface area contributed by atoms with E-state index in [0.29, 0.717) is 74.3 Å². The molecule has 0 saturated carbocycles. The molecule has 10 nitrogen and oxygen atoms in total. The Kier molecular flexibility index (Phi) is 9.38. The van der Waals surface area contributed by atoms with Crippen molar-refractivity contribution in [3.05, 3.63) is 45.3 Å². The first-order valence-electron chi connectivity index (χ1n) is 17.0. The van der Waals surface area contributed by atoms with Crippen molar-refractivity contribution in [1.29, 1.82) is 0 Å². The number of benzene rings is 1. The highest BCUT2D eigenvalue weighted by Crippen LogP contribution is 2.34. The van der Waals surface area contributed by atoms with Crippen LogP contribution in [0.5, 0.6) is 0 Å². The number of piperidine rings is 4. The number of amides is 4. The lowest BCUT2D eigenvalue weighted by atomic mass is 9.83. The molecule has 5 fully saturated rings. The molecule has 3 N–H and O–H groups in total. The molecule has 1 unspecified atom stereocenters. The summed E-state index contributed by atoms with van der Waals surface area (Å²) in [6.07, 6.45) is 10.1. The standard InChI is InChI=1S/C35H44ClN7O3S/c1-2-24-17-23(19-29(36)32(24)37)18-27(34(45)42-14-12-40(13-15-42)30-22-39-8-3-25(30)4-9-39)20-31(44)41-10-5-28(6-11-41)43-21-26-7-16-47-33(26)38-35(43)46/h1,7,16-17,19,25,27-28,30H,3-6,8-15,18,20-22,37H2,(H,38,46)/t27-,30?/m0/s1. The molecule has 250 valence electrons. The van der Waals surface area contributed by atoms with Gasteiger partial charge in [0.15, 0.2) is 0 Å². The zero-order chi connectivity index (χ0) is 32.7. The molecule has 47 heavy (non-hydrogen) atoms. The van der Waals surface area contributed by atoms with Crippen LogP contribution in [0.3, 0.4) is 0 Å². The molecule has 8 rings (SSSR count). The lowest BCUT2D eigenvalue weighted by Gasteiger charge is -2.51. The zero-order valence-electron chi connectivity index (χ0n) is 26.8. The van der Waals surface area contributed by atoms with Crippen LogP contribution in [0, 0.1) is 24.2 Å². The monoisotopic (exact) mass is 677 g/mol. The van der Waals surface area contributed by atoms with Gasteiger partial charge in [0.2, 0.25) is 11.8 Å². The van der Waals surface area contributed by atoms with Crippen molar-refractivity contribution in [2.45, 2.75) is 57.2 Å². The SMILES string of the molecule is C#Cc1cc(C[C@@H](CC(=O)N2CCC(N3Cc4ccsc4NC3=O)CC2)C(=O)N2CCN(C3CN4CCC3CC4)CC2)cc(Cl)c1N. The number of nitrogens with two attached hydrogens (primary N) is 1. The minimum absolute atomic E-state index is 0.00793. The Morgan fingerprint density at radius 2 is 1.79 bits per heavy atom. The third kappa shape index (κ3) is 6.71. The van der Waals surface area contributed by atoms with E-state index in [1.165, 1.54) is 25.9 Å². The number of terminal acetylenes is 1. The molecular weight excluding hydrogens is 634 g/mol. The second-order valence-corrected chi connectivity index (χ2v) is 15.1. The number of carbonyl (C=O) groups is 3. The van der Waals surface area contributed by atoms with Gasteiger partial charge in [0.1, 0.15) is 5.00 Å². The number of halogens is 1. The van der Waals surface area contributed by atoms with Gasteiger partial charge < -0.3 is 25.3 Å². The Morgan fingerprint density at radius 3 is 2.47 bits per heavy atom. The van der Waals surface area contributed by atoms with Crippen LogP contribution < -0.4 is 11.1 Å². The third-order valence-corrected chi connectivity index (χ3v) is 12.3. The normalized spacial score (nSPS) is 25.7. The molecule has 12 heteroatoms. The van der Waals surface area contributed by atoms with Gasteiger partial charge in [0, 0.05) is 75.4 Å². The summed E-state index contributed by atoms with van der Waals surface area (Å²) in [5.74, 6) is 2.79. The summed E-state index contributed by atoms with van der Waals surface area (Å²) in [6.45, 7) is 8.33. The number of likely N-dealkylation sites (tertiary alicyclic amines) is 1. The Morgan fingerprint density at radius 1 is 1.04 bits per heavy atom. The van der Waals surface area contributed by atoms with Crippen molar-refractivity contribution in [3.8, 4) is 12.3 Å². The van der Waals surface area contributed by atoms with Gasteiger partial charge >= 0.3 is 6.03 Å². The number of thiophene rings is 1. The quantitative estimate of drug-likeness (QED) is 0.342. The minimum atomic E-state index is -0.543. The van der Waals surface area contributed by atoms with Crippen LogP contribution in [0.4, 0.5) is 15.5 Å². The van der Waals surface area contributed by atoms with Crippen molar-refractivity contribution in [3.63, 3.8) is 0 Å². The van der Waals surface area contributed by atoms with Crippen LogP contribution in [-0.2, 0) is 22.6 Å². The fourth-order valence-corrected chi connectivity index (χ4v) is 9.42. The zero-order valence-corrected chi connectivity index (χ0v) is 28.4. The van der Waals surface area contributed by atoms with Crippen LogP contribution in [0.15, 0.2) is 23.6 Å². The largest absolute Gasteiger partial charge is 0.397 e. The van der Waals surface area contributed by atoms with Gasteiger partial charge in [-0.3, -0.25) is 19.8 Å². The van der Waals surface area contributed by atoms with Crippen molar-refractivity contribution < 1.29 is 14.4 Å². The molecule has 4 amide bonds. The maximum absolute atomic E-state index is 14.2. The van der Waals surface area contributed by atoms with E-state index < -0.39 is 5.92 Å². The highest BCUT2D eigenvalue weighted by atomic mass is 35.5. The summed E-state index contributed by atoms with van der Waals surface area (Å²) in [7, 11) is 0. The first kappa shape index (κ1) is 32.3. The average Bonchev–Trinajstić information content (AvgIpc) is 3.56. The third-order valence-electron chi connectivity index (χ3n) is 11.1. The van der Waals surface area contributed by atoms with Crippen LogP contribution in [0.25, 0.3) is 0 Å². The number of anilines is 2. The molecule has 0 radical (unpaired) electrons. The van der Waals surface area contributed by atoms with Crippen LogP contribution in [0.1, 0.15) is 48.8 Å². The second-order valence-electron chi connectivity index (χ2n) is 13.8. The van der Waals surface area contributed by atoms with Gasteiger partial charge in [-0.1, -0.05) is 17.5 Å². The summed E-state index contributed by atoms with van der Waals surface area (Å²) < 4.78 is 0. The van der Waals surface area contributed by atoms with Gasteiger partial charge in [-0.25, -0.2) is 4.79 Å². The van der Waals surface area contributed by atoms with Crippen LogP contribution in [-0.4, -0.2) is 113 Å². The van der Waals surface area contributed by atoms with Gasteiger partial charge in [-0.05, 0) is 80.3 Å². The summed E-state index contributed by atoms with van der Waals surface area (Å²) >= 11 is 7.97. The molecule has 0 spiro atoms. The number of rotatable bonds is 7. The lowest BCUT2D eigenvalue weighted by Crippen LogP contribution is -2.61. The summed E-state index contributed by atoms with van der Waals surface area (Å²) in [6, 6.07) is 6.21. The average molecular weight is 678 g/mol. The first-order valence-corrected chi connectivity index (χ1v) is 18.2. The smallest absolute Gasteiger partial charge is 0.323 e. The van der Waals surface area contributed by atoms with Gasteiger partial charge in [-0.15, -0.1) is 17.8 Å². The van der Waals surface area contributed by atoms with Crippen molar-refractivity contribution in [1.82, 2.24) is 24.5 Å². The van der Waals surface area contributed by atoms with Gasteiger partial charge in [-0.2, -0.15) is 0 Å².